The van der Waals surface area contributed by atoms with Gasteiger partial charge in [0, 0.05) is 47.7 Å². The molecule has 178 valence electrons. The monoisotopic (exact) mass is 475 g/mol. The molecule has 3 aromatic heterocycles. The lowest BCUT2D eigenvalue weighted by Gasteiger charge is -2.13. The van der Waals surface area contributed by atoms with Crippen LogP contribution >= 0.6 is 0 Å². The Morgan fingerprint density at radius 3 is 2.54 bits per heavy atom. The molecule has 4 aromatic rings. The molecule has 0 saturated carbocycles. The Balaban J connectivity index is 1.46. The molecular formula is C22H21N9O4. The highest BCUT2D eigenvalue weighted by Crippen LogP contribution is 2.33. The van der Waals surface area contributed by atoms with Gasteiger partial charge in [-0.2, -0.15) is 10.1 Å². The van der Waals surface area contributed by atoms with Gasteiger partial charge in [-0.05, 0) is 31.2 Å². The summed E-state index contributed by atoms with van der Waals surface area (Å²) in [6, 6.07) is 11.2. The number of aromatic nitrogens is 5. The van der Waals surface area contributed by atoms with Crippen molar-refractivity contribution in [2.75, 3.05) is 28.4 Å². The van der Waals surface area contributed by atoms with Crippen molar-refractivity contribution < 1.29 is 19.1 Å². The van der Waals surface area contributed by atoms with E-state index in [0.717, 1.165) is 0 Å². The van der Waals surface area contributed by atoms with Crippen LogP contribution in [0.4, 0.5) is 33.6 Å². The lowest BCUT2D eigenvalue weighted by molar-refractivity contribution is -0.105. The van der Waals surface area contributed by atoms with Gasteiger partial charge in [-0.15, -0.1) is 0 Å². The number of carbonyl (C=O) groups excluding carboxylic acids is 2. The summed E-state index contributed by atoms with van der Waals surface area (Å²) in [5.41, 5.74) is 1.75. The SMILES string of the molecule is COc1cc(NC(=O)Nc2ccncc2)ccc1Oc1nc(C)cc(Nc2cc(NC=O)n[nH]2)n1. The van der Waals surface area contributed by atoms with E-state index in [-0.39, 0.29) is 6.01 Å². The molecule has 0 fully saturated rings. The van der Waals surface area contributed by atoms with E-state index in [2.05, 4.69) is 46.4 Å². The fraction of sp³-hybridized carbons (Fsp3) is 0.0909. The van der Waals surface area contributed by atoms with Crippen LogP contribution < -0.4 is 30.7 Å². The standard InChI is InChI=1S/C22H21N9O4/c1-13-9-19(28-20-11-18(24-12-32)30-31-20)29-22(25-13)35-16-4-3-15(10-17(16)34-2)27-21(33)26-14-5-7-23-8-6-14/h3-12H,1-2H3,(H2,23,26,27,33)(H3,24,25,28,29,30,31,32). The first-order chi connectivity index (χ1) is 17.0. The number of nitrogens with zero attached hydrogens (tertiary/aromatic N) is 4. The molecule has 3 amide bonds. The van der Waals surface area contributed by atoms with Crippen molar-refractivity contribution in [2.24, 2.45) is 0 Å². The number of pyridine rings is 1. The maximum Gasteiger partial charge on any atom is 0.324 e. The zero-order valence-corrected chi connectivity index (χ0v) is 18.7. The molecule has 0 radical (unpaired) electrons. The molecule has 0 aliphatic heterocycles. The maximum atomic E-state index is 12.3. The van der Waals surface area contributed by atoms with E-state index >= 15 is 0 Å². The van der Waals surface area contributed by atoms with Crippen LogP contribution in [0, 0.1) is 6.92 Å². The average Bonchev–Trinajstić information content (AvgIpc) is 3.27. The summed E-state index contributed by atoms with van der Waals surface area (Å²) in [4.78, 5) is 35.4. The first-order valence-electron chi connectivity index (χ1n) is 10.2. The Labute approximate surface area is 199 Å². The van der Waals surface area contributed by atoms with Gasteiger partial charge in [0.1, 0.15) is 11.6 Å². The number of anilines is 5. The molecule has 0 aliphatic rings. The number of aromatic amines is 1. The van der Waals surface area contributed by atoms with Gasteiger partial charge >= 0.3 is 12.0 Å². The lowest BCUT2D eigenvalue weighted by Crippen LogP contribution is -2.19. The highest BCUT2D eigenvalue weighted by molar-refractivity contribution is 5.99. The van der Waals surface area contributed by atoms with Crippen LogP contribution in [0.15, 0.2) is 54.9 Å². The second-order valence-corrected chi connectivity index (χ2v) is 7.01. The summed E-state index contributed by atoms with van der Waals surface area (Å²) in [5, 5.41) is 17.6. The predicted molar refractivity (Wildman–Crippen MR) is 128 cm³/mol. The summed E-state index contributed by atoms with van der Waals surface area (Å²) < 4.78 is 11.3. The van der Waals surface area contributed by atoms with Gasteiger partial charge in [0.15, 0.2) is 17.3 Å². The predicted octanol–water partition coefficient (Wildman–Crippen LogP) is 3.66. The molecule has 1 aromatic carbocycles. The minimum Gasteiger partial charge on any atom is -0.493 e. The van der Waals surface area contributed by atoms with Crippen molar-refractivity contribution in [3.05, 3.63) is 60.6 Å². The fourth-order valence-corrected chi connectivity index (χ4v) is 2.97. The Kier molecular flexibility index (Phi) is 6.97. The van der Waals surface area contributed by atoms with Crippen LogP contribution in [0.5, 0.6) is 17.5 Å². The fourth-order valence-electron chi connectivity index (χ4n) is 2.97. The largest absolute Gasteiger partial charge is 0.493 e. The van der Waals surface area contributed by atoms with Crippen molar-refractivity contribution in [1.29, 1.82) is 0 Å². The normalized spacial score (nSPS) is 10.2. The van der Waals surface area contributed by atoms with Crippen LogP contribution in [-0.2, 0) is 4.79 Å². The third-order valence-electron chi connectivity index (χ3n) is 4.44. The number of hydrogen-bond donors (Lipinski definition) is 5. The zero-order chi connectivity index (χ0) is 24.6. The van der Waals surface area contributed by atoms with Crippen molar-refractivity contribution in [3.63, 3.8) is 0 Å². The van der Waals surface area contributed by atoms with Gasteiger partial charge in [-0.1, -0.05) is 0 Å². The van der Waals surface area contributed by atoms with E-state index in [1.807, 2.05) is 0 Å². The van der Waals surface area contributed by atoms with Gasteiger partial charge in [0.25, 0.3) is 0 Å². The van der Waals surface area contributed by atoms with Gasteiger partial charge in [0.05, 0.1) is 7.11 Å². The highest BCUT2D eigenvalue weighted by atomic mass is 16.5. The Morgan fingerprint density at radius 2 is 1.77 bits per heavy atom. The number of amides is 3. The number of urea groups is 1. The summed E-state index contributed by atoms with van der Waals surface area (Å²) in [7, 11) is 1.48. The van der Waals surface area contributed by atoms with E-state index in [4.69, 9.17) is 9.47 Å². The molecule has 3 heterocycles. The molecule has 0 unspecified atom stereocenters. The summed E-state index contributed by atoms with van der Waals surface area (Å²) in [6.45, 7) is 1.79. The average molecular weight is 475 g/mol. The van der Waals surface area contributed by atoms with E-state index in [1.165, 1.54) is 7.11 Å². The highest BCUT2D eigenvalue weighted by Gasteiger charge is 2.12. The quantitative estimate of drug-likeness (QED) is 0.227. The molecule has 4 rings (SSSR count). The molecule has 13 nitrogen and oxygen atoms in total. The molecule has 0 atom stereocenters. The van der Waals surface area contributed by atoms with Crippen molar-refractivity contribution in [3.8, 4) is 17.5 Å². The lowest BCUT2D eigenvalue weighted by atomic mass is 10.2. The number of hydrogen-bond acceptors (Lipinski definition) is 9. The minimum atomic E-state index is -0.421. The van der Waals surface area contributed by atoms with E-state index in [9.17, 15) is 9.59 Å². The summed E-state index contributed by atoms with van der Waals surface area (Å²) in [6.07, 6.45) is 3.69. The number of H-pyrrole nitrogens is 1. The van der Waals surface area contributed by atoms with Crippen molar-refractivity contribution >= 4 is 41.3 Å². The second-order valence-electron chi connectivity index (χ2n) is 7.01. The van der Waals surface area contributed by atoms with Gasteiger partial charge in [-0.25, -0.2) is 9.78 Å². The first-order valence-corrected chi connectivity index (χ1v) is 10.2. The Bertz CT molecular complexity index is 1330. The van der Waals surface area contributed by atoms with Gasteiger partial charge < -0.3 is 30.7 Å². The van der Waals surface area contributed by atoms with Crippen molar-refractivity contribution in [1.82, 2.24) is 25.1 Å². The molecule has 0 bridgehead atoms. The van der Waals surface area contributed by atoms with Crippen LogP contribution in [0.25, 0.3) is 0 Å². The van der Waals surface area contributed by atoms with Crippen LogP contribution in [0.1, 0.15) is 5.69 Å². The van der Waals surface area contributed by atoms with E-state index < -0.39 is 6.03 Å². The molecule has 5 N–H and O–H groups in total. The van der Waals surface area contributed by atoms with Crippen molar-refractivity contribution in [2.45, 2.75) is 6.92 Å². The molecular weight excluding hydrogens is 454 g/mol. The second kappa shape index (κ2) is 10.6. The third kappa shape index (κ3) is 6.19. The van der Waals surface area contributed by atoms with E-state index in [1.54, 1.807) is 61.8 Å². The number of aryl methyl sites for hydroxylation is 1. The van der Waals surface area contributed by atoms with Gasteiger partial charge in [0.2, 0.25) is 6.41 Å². The maximum absolute atomic E-state index is 12.3. The smallest absolute Gasteiger partial charge is 0.324 e. The van der Waals surface area contributed by atoms with Crippen LogP contribution in [-0.4, -0.2) is 44.7 Å². The topological polar surface area (TPSA) is 168 Å². The molecule has 0 spiro atoms. The summed E-state index contributed by atoms with van der Waals surface area (Å²) in [5.74, 6) is 2.03. The minimum absolute atomic E-state index is 0.0766. The third-order valence-corrected chi connectivity index (χ3v) is 4.44. The number of benzene rings is 1. The number of carbonyl (C=O) groups is 2. The zero-order valence-electron chi connectivity index (χ0n) is 18.7. The molecule has 0 aliphatic carbocycles. The van der Waals surface area contributed by atoms with Gasteiger partial charge in [-0.3, -0.25) is 14.9 Å². The first kappa shape index (κ1) is 23.0. The number of methoxy groups -OCH3 is 1. The van der Waals surface area contributed by atoms with Crippen LogP contribution in [0.2, 0.25) is 0 Å². The van der Waals surface area contributed by atoms with E-state index in [0.29, 0.717) is 52.4 Å². The summed E-state index contributed by atoms with van der Waals surface area (Å²) >= 11 is 0. The molecule has 13 heteroatoms. The number of nitrogens with one attached hydrogen (secondary N) is 5. The molecule has 35 heavy (non-hydrogen) atoms. The Hall–Kier alpha value is -5.20. The number of rotatable bonds is 9. The molecule has 0 saturated heterocycles. The number of ether oxygens (including phenoxy) is 2. The Morgan fingerprint density at radius 1 is 0.971 bits per heavy atom. The van der Waals surface area contributed by atoms with Crippen LogP contribution in [0.3, 0.4) is 0 Å².